The Bertz CT molecular complexity index is 168. The summed E-state index contributed by atoms with van der Waals surface area (Å²) in [5.41, 5.74) is 0. The summed E-state index contributed by atoms with van der Waals surface area (Å²) in [6, 6.07) is -0.0220. The summed E-state index contributed by atoms with van der Waals surface area (Å²) in [6.45, 7) is 4.18. The van der Waals surface area contributed by atoms with E-state index in [1.165, 1.54) is 0 Å². The molecule has 12 heavy (non-hydrogen) atoms. The van der Waals surface area contributed by atoms with Crippen molar-refractivity contribution in [2.75, 3.05) is 0 Å². The fourth-order valence-corrected chi connectivity index (χ4v) is 1.58. The van der Waals surface area contributed by atoms with Gasteiger partial charge in [-0.25, -0.2) is 0 Å². The molecule has 2 N–H and O–H groups in total. The van der Waals surface area contributed by atoms with Crippen molar-refractivity contribution >= 4 is 5.91 Å². The minimum Gasteiger partial charge on any atom is -0.391 e. The number of amides is 1. The molecule has 1 heterocycles. The Morgan fingerprint density at radius 1 is 1.67 bits per heavy atom. The van der Waals surface area contributed by atoms with E-state index in [-0.39, 0.29) is 18.1 Å². The molecule has 2 atom stereocenters. The molecule has 1 unspecified atom stereocenters. The van der Waals surface area contributed by atoms with Gasteiger partial charge >= 0.3 is 0 Å². The van der Waals surface area contributed by atoms with Gasteiger partial charge in [-0.3, -0.25) is 4.79 Å². The molecule has 1 saturated heterocycles. The third-order valence-electron chi connectivity index (χ3n) is 2.20. The van der Waals surface area contributed by atoms with Crippen molar-refractivity contribution in [3.8, 4) is 0 Å². The van der Waals surface area contributed by atoms with Gasteiger partial charge in [0.05, 0.1) is 12.1 Å². The summed E-state index contributed by atoms with van der Waals surface area (Å²) in [7, 11) is 0. The van der Waals surface area contributed by atoms with E-state index in [4.69, 9.17) is 0 Å². The zero-order chi connectivity index (χ0) is 9.14. The first kappa shape index (κ1) is 9.52. The summed E-state index contributed by atoms with van der Waals surface area (Å²) < 4.78 is 0. The van der Waals surface area contributed by atoms with Gasteiger partial charge in [-0.2, -0.15) is 0 Å². The third kappa shape index (κ3) is 2.48. The van der Waals surface area contributed by atoms with Gasteiger partial charge in [0.25, 0.3) is 0 Å². The molecule has 0 aliphatic carbocycles. The van der Waals surface area contributed by atoms with Crippen molar-refractivity contribution in [3.05, 3.63) is 0 Å². The van der Waals surface area contributed by atoms with Gasteiger partial charge in [-0.05, 0) is 18.8 Å². The van der Waals surface area contributed by atoms with Crippen LogP contribution in [-0.4, -0.2) is 23.2 Å². The fraction of sp³-hybridized carbons (Fsp3) is 0.889. The SMILES string of the molecule is CC(C)CC1NC(=O)CC[C@H]1O. The average Bonchev–Trinajstić information content (AvgIpc) is 1.96. The second kappa shape index (κ2) is 3.90. The molecule has 0 aromatic rings. The van der Waals surface area contributed by atoms with Crippen LogP contribution in [0.2, 0.25) is 0 Å². The molecule has 1 fully saturated rings. The lowest BCUT2D eigenvalue weighted by molar-refractivity contribution is -0.126. The van der Waals surface area contributed by atoms with E-state index in [0.717, 1.165) is 6.42 Å². The number of carbonyl (C=O) groups is 1. The highest BCUT2D eigenvalue weighted by molar-refractivity contribution is 5.77. The lowest BCUT2D eigenvalue weighted by atomic mass is 9.93. The van der Waals surface area contributed by atoms with Gasteiger partial charge in [-0.1, -0.05) is 13.8 Å². The molecule has 0 radical (unpaired) electrons. The van der Waals surface area contributed by atoms with Gasteiger partial charge in [-0.15, -0.1) is 0 Å². The highest BCUT2D eigenvalue weighted by Gasteiger charge is 2.26. The van der Waals surface area contributed by atoms with Crippen LogP contribution in [0.3, 0.4) is 0 Å². The molecule has 1 aliphatic heterocycles. The van der Waals surface area contributed by atoms with Crippen LogP contribution in [0.25, 0.3) is 0 Å². The summed E-state index contributed by atoms with van der Waals surface area (Å²) >= 11 is 0. The lowest BCUT2D eigenvalue weighted by Gasteiger charge is -2.29. The Kier molecular flexibility index (Phi) is 3.09. The Labute approximate surface area is 73.2 Å². The minimum atomic E-state index is -0.343. The van der Waals surface area contributed by atoms with E-state index in [1.54, 1.807) is 0 Å². The number of piperidine rings is 1. The summed E-state index contributed by atoms with van der Waals surface area (Å²) in [5.74, 6) is 0.592. The summed E-state index contributed by atoms with van der Waals surface area (Å²) in [4.78, 5) is 11.0. The van der Waals surface area contributed by atoms with Crippen molar-refractivity contribution in [1.82, 2.24) is 5.32 Å². The molecule has 1 aliphatic rings. The van der Waals surface area contributed by atoms with Crippen LogP contribution in [-0.2, 0) is 4.79 Å². The van der Waals surface area contributed by atoms with E-state index in [2.05, 4.69) is 19.2 Å². The zero-order valence-corrected chi connectivity index (χ0v) is 7.71. The highest BCUT2D eigenvalue weighted by atomic mass is 16.3. The zero-order valence-electron chi connectivity index (χ0n) is 7.71. The van der Waals surface area contributed by atoms with Crippen molar-refractivity contribution in [3.63, 3.8) is 0 Å². The van der Waals surface area contributed by atoms with Crippen LogP contribution >= 0.6 is 0 Å². The number of hydrogen-bond donors (Lipinski definition) is 2. The normalized spacial score (nSPS) is 30.5. The molecule has 0 spiro atoms. The fourth-order valence-electron chi connectivity index (χ4n) is 1.58. The highest BCUT2D eigenvalue weighted by Crippen LogP contribution is 2.15. The maximum atomic E-state index is 11.0. The van der Waals surface area contributed by atoms with E-state index in [1.807, 2.05) is 0 Å². The van der Waals surface area contributed by atoms with Crippen LogP contribution < -0.4 is 5.32 Å². The van der Waals surface area contributed by atoms with Gasteiger partial charge in [0.1, 0.15) is 0 Å². The van der Waals surface area contributed by atoms with Crippen molar-refractivity contribution < 1.29 is 9.90 Å². The van der Waals surface area contributed by atoms with Crippen LogP contribution in [0, 0.1) is 5.92 Å². The predicted octanol–water partition coefficient (Wildman–Crippen LogP) is 0.672. The molecule has 0 bridgehead atoms. The number of aliphatic hydroxyl groups is 1. The maximum absolute atomic E-state index is 11.0. The lowest BCUT2D eigenvalue weighted by Crippen LogP contribution is -2.48. The quantitative estimate of drug-likeness (QED) is 0.641. The molecular formula is C9H17NO2. The number of carbonyl (C=O) groups excluding carboxylic acids is 1. The topological polar surface area (TPSA) is 49.3 Å². The Hall–Kier alpha value is -0.570. The second-order valence-electron chi connectivity index (χ2n) is 3.91. The van der Waals surface area contributed by atoms with Gasteiger partial charge in [0.2, 0.25) is 5.91 Å². The third-order valence-corrected chi connectivity index (χ3v) is 2.20. The monoisotopic (exact) mass is 171 g/mol. The first-order valence-electron chi connectivity index (χ1n) is 4.57. The molecule has 70 valence electrons. The maximum Gasteiger partial charge on any atom is 0.220 e. The first-order valence-corrected chi connectivity index (χ1v) is 4.57. The smallest absolute Gasteiger partial charge is 0.220 e. The number of aliphatic hydroxyl groups excluding tert-OH is 1. The largest absolute Gasteiger partial charge is 0.391 e. The van der Waals surface area contributed by atoms with E-state index >= 15 is 0 Å². The minimum absolute atomic E-state index is 0.0220. The molecule has 0 aromatic carbocycles. The van der Waals surface area contributed by atoms with Crippen molar-refractivity contribution in [2.45, 2.75) is 45.3 Å². The summed E-state index contributed by atoms with van der Waals surface area (Å²) in [6.07, 6.45) is 1.61. The van der Waals surface area contributed by atoms with Crippen LogP contribution in [0.5, 0.6) is 0 Å². The summed E-state index contributed by atoms with van der Waals surface area (Å²) in [5, 5.41) is 12.3. The number of hydrogen-bond acceptors (Lipinski definition) is 2. The average molecular weight is 171 g/mol. The van der Waals surface area contributed by atoms with E-state index in [9.17, 15) is 9.90 Å². The molecule has 3 heteroatoms. The van der Waals surface area contributed by atoms with Gasteiger partial charge in [0, 0.05) is 6.42 Å². The van der Waals surface area contributed by atoms with Crippen molar-refractivity contribution in [1.29, 1.82) is 0 Å². The Morgan fingerprint density at radius 2 is 2.33 bits per heavy atom. The first-order chi connectivity index (χ1) is 5.59. The van der Waals surface area contributed by atoms with Crippen molar-refractivity contribution in [2.24, 2.45) is 5.92 Å². The molecule has 3 nitrogen and oxygen atoms in total. The van der Waals surface area contributed by atoms with Crippen LogP contribution in [0.4, 0.5) is 0 Å². The van der Waals surface area contributed by atoms with Crippen LogP contribution in [0.1, 0.15) is 33.1 Å². The standard InChI is InChI=1S/C9H17NO2/c1-6(2)5-7-8(11)3-4-9(12)10-7/h6-8,11H,3-5H2,1-2H3,(H,10,12)/t7?,8-/m1/s1. The molecule has 1 rings (SSSR count). The number of rotatable bonds is 2. The molecule has 1 amide bonds. The second-order valence-corrected chi connectivity index (χ2v) is 3.91. The van der Waals surface area contributed by atoms with Crippen LogP contribution in [0.15, 0.2) is 0 Å². The molecular weight excluding hydrogens is 154 g/mol. The molecule has 0 aromatic heterocycles. The Morgan fingerprint density at radius 3 is 2.92 bits per heavy atom. The van der Waals surface area contributed by atoms with E-state index in [0.29, 0.717) is 18.8 Å². The molecule has 0 saturated carbocycles. The van der Waals surface area contributed by atoms with E-state index < -0.39 is 0 Å². The van der Waals surface area contributed by atoms with Gasteiger partial charge in [0.15, 0.2) is 0 Å². The van der Waals surface area contributed by atoms with Gasteiger partial charge < -0.3 is 10.4 Å². The number of nitrogens with one attached hydrogen (secondary N) is 1. The predicted molar refractivity (Wildman–Crippen MR) is 46.6 cm³/mol. The Balaban J connectivity index is 2.43.